The number of hydrogen-bond acceptors (Lipinski definition) is 4. The van der Waals surface area contributed by atoms with Crippen molar-refractivity contribution in [1.29, 1.82) is 0 Å². The molecule has 1 aliphatic rings. The Morgan fingerprint density at radius 2 is 2.28 bits per heavy atom. The maximum absolute atomic E-state index is 12.5. The van der Waals surface area contributed by atoms with Crippen molar-refractivity contribution < 1.29 is 4.79 Å². The average Bonchev–Trinajstić information content (AvgIpc) is 2.93. The fourth-order valence-corrected chi connectivity index (χ4v) is 2.59. The molecule has 1 heterocycles. The molecule has 0 bridgehead atoms. The van der Waals surface area contributed by atoms with Gasteiger partial charge in [0.05, 0.1) is 0 Å². The Morgan fingerprint density at radius 1 is 1.56 bits per heavy atom. The van der Waals surface area contributed by atoms with E-state index in [4.69, 9.17) is 5.84 Å². The Bertz CT molecular complexity index is 415. The first-order valence-corrected chi connectivity index (χ1v) is 6.50. The predicted molar refractivity (Wildman–Crippen MR) is 71.0 cm³/mol. The van der Waals surface area contributed by atoms with Gasteiger partial charge in [-0.1, -0.05) is 12.8 Å². The number of rotatable bonds is 4. The molecule has 1 aliphatic carbocycles. The van der Waals surface area contributed by atoms with Gasteiger partial charge in [-0.15, -0.1) is 0 Å². The lowest BCUT2D eigenvalue weighted by Crippen LogP contribution is -2.38. The van der Waals surface area contributed by atoms with Crippen LogP contribution in [0.3, 0.4) is 0 Å². The first-order valence-electron chi connectivity index (χ1n) is 6.50. The second-order valence-electron chi connectivity index (χ2n) is 4.60. The van der Waals surface area contributed by atoms with E-state index in [1.54, 1.807) is 18.3 Å². The summed E-state index contributed by atoms with van der Waals surface area (Å²) in [6.45, 7) is 2.77. The van der Waals surface area contributed by atoms with Gasteiger partial charge in [-0.05, 0) is 31.9 Å². The molecular weight excluding hydrogens is 228 g/mol. The lowest BCUT2D eigenvalue weighted by Gasteiger charge is -2.27. The van der Waals surface area contributed by atoms with E-state index in [-0.39, 0.29) is 5.91 Å². The molecule has 2 rings (SSSR count). The number of nitrogens with zero attached hydrogens (tertiary/aromatic N) is 2. The standard InChI is InChI=1S/C13H20N4O/c1-2-17(11-5-3-4-6-11)13(18)10-7-8-15-12(9-10)16-14/h7-9,11H,2-6,14H2,1H3,(H,15,16). The summed E-state index contributed by atoms with van der Waals surface area (Å²) >= 11 is 0. The molecule has 98 valence electrons. The Hall–Kier alpha value is -1.62. The highest BCUT2D eigenvalue weighted by Gasteiger charge is 2.26. The van der Waals surface area contributed by atoms with Gasteiger partial charge in [0.2, 0.25) is 0 Å². The number of amides is 1. The predicted octanol–water partition coefficient (Wildman–Crippen LogP) is 1.77. The van der Waals surface area contributed by atoms with Crippen LogP contribution in [0.5, 0.6) is 0 Å². The highest BCUT2D eigenvalue weighted by molar-refractivity contribution is 5.95. The highest BCUT2D eigenvalue weighted by atomic mass is 16.2. The lowest BCUT2D eigenvalue weighted by atomic mass is 10.1. The van der Waals surface area contributed by atoms with Crippen molar-refractivity contribution in [2.24, 2.45) is 5.84 Å². The topological polar surface area (TPSA) is 71.2 Å². The quantitative estimate of drug-likeness (QED) is 0.629. The van der Waals surface area contributed by atoms with Gasteiger partial charge in [-0.3, -0.25) is 4.79 Å². The van der Waals surface area contributed by atoms with Crippen LogP contribution >= 0.6 is 0 Å². The summed E-state index contributed by atoms with van der Waals surface area (Å²) < 4.78 is 0. The minimum absolute atomic E-state index is 0.0725. The SMILES string of the molecule is CCN(C(=O)c1ccnc(NN)c1)C1CCCC1. The summed E-state index contributed by atoms with van der Waals surface area (Å²) in [6, 6.07) is 3.82. The first-order chi connectivity index (χ1) is 8.76. The molecule has 0 spiro atoms. The smallest absolute Gasteiger partial charge is 0.254 e. The minimum Gasteiger partial charge on any atom is -0.336 e. The van der Waals surface area contributed by atoms with E-state index in [0.29, 0.717) is 17.4 Å². The van der Waals surface area contributed by atoms with E-state index < -0.39 is 0 Å². The van der Waals surface area contributed by atoms with Crippen LogP contribution in [-0.4, -0.2) is 28.4 Å². The van der Waals surface area contributed by atoms with Crippen molar-refractivity contribution in [2.45, 2.75) is 38.6 Å². The number of pyridine rings is 1. The van der Waals surface area contributed by atoms with Gasteiger partial charge in [-0.2, -0.15) is 0 Å². The molecule has 1 saturated carbocycles. The highest BCUT2D eigenvalue weighted by Crippen LogP contribution is 2.24. The number of anilines is 1. The fourth-order valence-electron chi connectivity index (χ4n) is 2.59. The normalized spacial score (nSPS) is 15.7. The van der Waals surface area contributed by atoms with Gasteiger partial charge in [0, 0.05) is 24.3 Å². The van der Waals surface area contributed by atoms with Gasteiger partial charge >= 0.3 is 0 Å². The molecule has 0 atom stereocenters. The maximum Gasteiger partial charge on any atom is 0.254 e. The summed E-state index contributed by atoms with van der Waals surface area (Å²) in [5, 5.41) is 0. The monoisotopic (exact) mass is 248 g/mol. The van der Waals surface area contributed by atoms with Crippen LogP contribution in [0.15, 0.2) is 18.3 Å². The van der Waals surface area contributed by atoms with Crippen LogP contribution in [0.25, 0.3) is 0 Å². The third-order valence-corrected chi connectivity index (χ3v) is 3.52. The molecule has 1 fully saturated rings. The van der Waals surface area contributed by atoms with Crippen molar-refractivity contribution in [3.8, 4) is 0 Å². The van der Waals surface area contributed by atoms with E-state index in [0.717, 1.165) is 19.4 Å². The average molecular weight is 248 g/mol. The zero-order chi connectivity index (χ0) is 13.0. The second-order valence-corrected chi connectivity index (χ2v) is 4.60. The first kappa shape index (κ1) is 12.8. The van der Waals surface area contributed by atoms with Crippen LogP contribution < -0.4 is 11.3 Å². The Morgan fingerprint density at radius 3 is 2.89 bits per heavy atom. The Labute approximate surface area is 107 Å². The number of nitrogen functional groups attached to an aromatic ring is 1. The van der Waals surface area contributed by atoms with E-state index in [1.165, 1.54) is 12.8 Å². The number of hydrogen-bond donors (Lipinski definition) is 2. The van der Waals surface area contributed by atoms with E-state index in [2.05, 4.69) is 10.4 Å². The molecule has 0 saturated heterocycles. The number of aromatic nitrogens is 1. The van der Waals surface area contributed by atoms with Gasteiger partial charge in [0.25, 0.3) is 5.91 Å². The van der Waals surface area contributed by atoms with E-state index in [1.807, 2.05) is 11.8 Å². The molecular formula is C13H20N4O. The number of nitrogens with one attached hydrogen (secondary N) is 1. The fraction of sp³-hybridized carbons (Fsp3) is 0.538. The third kappa shape index (κ3) is 2.61. The van der Waals surface area contributed by atoms with Crippen molar-refractivity contribution in [2.75, 3.05) is 12.0 Å². The van der Waals surface area contributed by atoms with E-state index >= 15 is 0 Å². The van der Waals surface area contributed by atoms with Crippen LogP contribution in [0.2, 0.25) is 0 Å². The third-order valence-electron chi connectivity index (χ3n) is 3.52. The van der Waals surface area contributed by atoms with Gasteiger partial charge in [0.15, 0.2) is 0 Å². The Balaban J connectivity index is 2.16. The van der Waals surface area contributed by atoms with Crippen LogP contribution in [-0.2, 0) is 0 Å². The molecule has 1 aromatic heterocycles. The van der Waals surface area contributed by atoms with Crippen LogP contribution in [0, 0.1) is 0 Å². The molecule has 5 nitrogen and oxygen atoms in total. The maximum atomic E-state index is 12.5. The van der Waals surface area contributed by atoms with Crippen molar-refractivity contribution >= 4 is 11.7 Å². The number of hydrazine groups is 1. The zero-order valence-electron chi connectivity index (χ0n) is 10.7. The second kappa shape index (κ2) is 5.82. The molecule has 5 heteroatoms. The molecule has 3 N–H and O–H groups in total. The molecule has 0 aromatic carbocycles. The van der Waals surface area contributed by atoms with E-state index in [9.17, 15) is 4.79 Å². The summed E-state index contributed by atoms with van der Waals surface area (Å²) in [5.74, 6) is 5.90. The summed E-state index contributed by atoms with van der Waals surface area (Å²) in [5.41, 5.74) is 3.11. The summed E-state index contributed by atoms with van der Waals surface area (Å²) in [7, 11) is 0. The molecule has 1 amide bonds. The molecule has 1 aromatic rings. The zero-order valence-corrected chi connectivity index (χ0v) is 10.7. The van der Waals surface area contributed by atoms with Crippen molar-refractivity contribution in [3.63, 3.8) is 0 Å². The molecule has 0 radical (unpaired) electrons. The Kier molecular flexibility index (Phi) is 4.15. The summed E-state index contributed by atoms with van der Waals surface area (Å²) in [4.78, 5) is 18.4. The number of nitrogens with two attached hydrogens (primary N) is 1. The van der Waals surface area contributed by atoms with Crippen molar-refractivity contribution in [1.82, 2.24) is 9.88 Å². The molecule has 0 unspecified atom stereocenters. The van der Waals surface area contributed by atoms with Crippen molar-refractivity contribution in [3.05, 3.63) is 23.9 Å². The largest absolute Gasteiger partial charge is 0.336 e. The number of carbonyl (C=O) groups is 1. The van der Waals surface area contributed by atoms with Gasteiger partial charge in [-0.25, -0.2) is 10.8 Å². The molecule has 0 aliphatic heterocycles. The lowest BCUT2D eigenvalue weighted by molar-refractivity contribution is 0.0693. The van der Waals surface area contributed by atoms with Gasteiger partial charge in [0.1, 0.15) is 5.82 Å². The van der Waals surface area contributed by atoms with Crippen LogP contribution in [0.4, 0.5) is 5.82 Å². The summed E-state index contributed by atoms with van der Waals surface area (Å²) in [6.07, 6.45) is 6.28. The number of carbonyl (C=O) groups excluding carboxylic acids is 1. The van der Waals surface area contributed by atoms with Gasteiger partial charge < -0.3 is 10.3 Å². The molecule has 18 heavy (non-hydrogen) atoms. The van der Waals surface area contributed by atoms with Crippen LogP contribution in [0.1, 0.15) is 43.0 Å². The minimum atomic E-state index is 0.0725.